The van der Waals surface area contributed by atoms with Crippen molar-refractivity contribution in [2.45, 2.75) is 6.61 Å². The highest BCUT2D eigenvalue weighted by Gasteiger charge is 2.14. The van der Waals surface area contributed by atoms with Crippen LogP contribution in [0.4, 0.5) is 8.78 Å². The van der Waals surface area contributed by atoms with Crippen LogP contribution in [0, 0.1) is 11.6 Å². The molecule has 0 aliphatic rings. The smallest absolute Gasteiger partial charge is 0.338 e. The molecule has 1 aromatic heterocycles. The van der Waals surface area contributed by atoms with E-state index in [0.717, 1.165) is 17.7 Å². The summed E-state index contributed by atoms with van der Waals surface area (Å²) < 4.78 is 36.4. The van der Waals surface area contributed by atoms with Gasteiger partial charge < -0.3 is 9.15 Å². The first-order valence-corrected chi connectivity index (χ1v) is 6.63. The number of esters is 1. The van der Waals surface area contributed by atoms with E-state index in [4.69, 9.17) is 9.15 Å². The number of halogens is 2. The summed E-state index contributed by atoms with van der Waals surface area (Å²) in [5.74, 6) is -2.24. The molecule has 23 heavy (non-hydrogen) atoms. The maximum atomic E-state index is 13.1. The second kappa shape index (κ2) is 6.35. The molecular formula is C16H10F2N2O3. The minimum atomic E-state index is -0.886. The number of hydrogen-bond acceptors (Lipinski definition) is 5. The topological polar surface area (TPSA) is 65.2 Å². The molecule has 0 saturated carbocycles. The Bertz CT molecular complexity index is 814. The molecule has 7 heteroatoms. The molecule has 0 saturated heterocycles. The van der Waals surface area contributed by atoms with Crippen LogP contribution >= 0.6 is 0 Å². The van der Waals surface area contributed by atoms with Gasteiger partial charge in [0.15, 0.2) is 6.61 Å². The van der Waals surface area contributed by atoms with Crippen molar-refractivity contribution in [2.24, 2.45) is 0 Å². The zero-order chi connectivity index (χ0) is 16.2. The van der Waals surface area contributed by atoms with Gasteiger partial charge in [-0.2, -0.15) is 0 Å². The number of aromatic nitrogens is 2. The Morgan fingerprint density at radius 2 is 1.74 bits per heavy atom. The van der Waals surface area contributed by atoms with Crippen molar-refractivity contribution in [3.63, 3.8) is 0 Å². The van der Waals surface area contributed by atoms with Gasteiger partial charge in [0.25, 0.3) is 5.89 Å². The second-order valence-electron chi connectivity index (χ2n) is 4.60. The molecule has 1 heterocycles. The summed E-state index contributed by atoms with van der Waals surface area (Å²) in [5.41, 5.74) is 0.495. The minimum absolute atomic E-state index is 0.0779. The summed E-state index contributed by atoms with van der Waals surface area (Å²) in [6.07, 6.45) is 0. The summed E-state index contributed by atoms with van der Waals surface area (Å²) in [5, 5.41) is 7.59. The van der Waals surface area contributed by atoms with Crippen LogP contribution in [0.25, 0.3) is 11.5 Å². The molecule has 0 amide bonds. The first-order chi connectivity index (χ1) is 11.1. The zero-order valence-corrected chi connectivity index (χ0v) is 11.7. The van der Waals surface area contributed by atoms with Gasteiger partial charge in [0.05, 0.1) is 5.56 Å². The third-order valence-corrected chi connectivity index (χ3v) is 2.91. The molecule has 3 aromatic rings. The van der Waals surface area contributed by atoms with Gasteiger partial charge in [-0.1, -0.05) is 18.2 Å². The van der Waals surface area contributed by atoms with Crippen LogP contribution in [0.3, 0.4) is 0 Å². The number of ether oxygens (including phenoxy) is 1. The maximum absolute atomic E-state index is 13.1. The van der Waals surface area contributed by atoms with Crippen LogP contribution < -0.4 is 0 Å². The lowest BCUT2D eigenvalue weighted by molar-refractivity contribution is 0.0437. The van der Waals surface area contributed by atoms with Gasteiger partial charge in [0, 0.05) is 11.6 Å². The minimum Gasteiger partial charge on any atom is -0.452 e. The monoisotopic (exact) mass is 316 g/mol. The number of rotatable bonds is 4. The van der Waals surface area contributed by atoms with Gasteiger partial charge in [-0.3, -0.25) is 0 Å². The van der Waals surface area contributed by atoms with Crippen molar-refractivity contribution < 1.29 is 22.7 Å². The van der Waals surface area contributed by atoms with E-state index in [1.54, 1.807) is 12.1 Å². The predicted molar refractivity (Wildman–Crippen MR) is 75.2 cm³/mol. The molecular weight excluding hydrogens is 306 g/mol. The van der Waals surface area contributed by atoms with Gasteiger partial charge >= 0.3 is 5.97 Å². The zero-order valence-electron chi connectivity index (χ0n) is 11.7. The summed E-state index contributed by atoms with van der Waals surface area (Å²) >= 11 is 0. The van der Waals surface area contributed by atoms with E-state index in [2.05, 4.69) is 10.2 Å². The molecule has 0 spiro atoms. The van der Waals surface area contributed by atoms with E-state index in [-0.39, 0.29) is 24.0 Å². The Kier molecular flexibility index (Phi) is 4.09. The molecule has 5 nitrogen and oxygen atoms in total. The van der Waals surface area contributed by atoms with Crippen LogP contribution in [-0.2, 0) is 11.3 Å². The van der Waals surface area contributed by atoms with E-state index >= 15 is 0 Å². The summed E-state index contributed by atoms with van der Waals surface area (Å²) in [6, 6.07) is 11.5. The summed E-state index contributed by atoms with van der Waals surface area (Å²) in [7, 11) is 0. The van der Waals surface area contributed by atoms with Gasteiger partial charge in [-0.15, -0.1) is 10.2 Å². The maximum Gasteiger partial charge on any atom is 0.338 e. The molecule has 0 atom stereocenters. The third kappa shape index (κ3) is 3.57. The summed E-state index contributed by atoms with van der Waals surface area (Å²) in [6.45, 7) is -0.295. The normalized spacial score (nSPS) is 10.5. The van der Waals surface area contributed by atoms with E-state index in [1.165, 1.54) is 0 Å². The highest BCUT2D eigenvalue weighted by molar-refractivity contribution is 5.89. The number of hydrogen-bond donors (Lipinski definition) is 0. The average molecular weight is 316 g/mol. The van der Waals surface area contributed by atoms with Crippen molar-refractivity contribution in [1.29, 1.82) is 0 Å². The van der Waals surface area contributed by atoms with E-state index in [0.29, 0.717) is 6.07 Å². The number of carbonyl (C=O) groups is 1. The fraction of sp³-hybridized carbons (Fsp3) is 0.0625. The molecule has 3 rings (SSSR count). The van der Waals surface area contributed by atoms with Crippen molar-refractivity contribution in [3.8, 4) is 11.5 Å². The highest BCUT2D eigenvalue weighted by Crippen LogP contribution is 2.17. The third-order valence-electron chi connectivity index (χ3n) is 2.91. The van der Waals surface area contributed by atoms with Crippen LogP contribution in [0.1, 0.15) is 16.2 Å². The quantitative estimate of drug-likeness (QED) is 0.690. The SMILES string of the molecule is O=C(OCc1nnc(-c2ccccc2)o1)c1cc(F)cc(F)c1. The Balaban J connectivity index is 1.67. The molecule has 0 unspecified atom stereocenters. The Labute approximate surface area is 129 Å². The fourth-order valence-corrected chi connectivity index (χ4v) is 1.89. The van der Waals surface area contributed by atoms with Gasteiger partial charge in [-0.25, -0.2) is 13.6 Å². The van der Waals surface area contributed by atoms with Crippen LogP contribution in [0.15, 0.2) is 52.9 Å². The molecule has 0 fully saturated rings. The summed E-state index contributed by atoms with van der Waals surface area (Å²) in [4.78, 5) is 11.8. The number of nitrogens with zero attached hydrogens (tertiary/aromatic N) is 2. The first-order valence-electron chi connectivity index (χ1n) is 6.63. The molecule has 0 bridgehead atoms. The first kappa shape index (κ1) is 14.8. The second-order valence-corrected chi connectivity index (χ2v) is 4.60. The van der Waals surface area contributed by atoms with E-state index < -0.39 is 17.6 Å². The standard InChI is InChI=1S/C16H10F2N2O3/c17-12-6-11(7-13(18)8-12)16(21)22-9-14-19-20-15(23-14)10-4-2-1-3-5-10/h1-8H,9H2. The lowest BCUT2D eigenvalue weighted by atomic mass is 10.2. The Morgan fingerprint density at radius 3 is 2.43 bits per heavy atom. The van der Waals surface area contributed by atoms with Crippen LogP contribution in [0.2, 0.25) is 0 Å². The van der Waals surface area contributed by atoms with E-state index in [9.17, 15) is 13.6 Å². The van der Waals surface area contributed by atoms with Gasteiger partial charge in [0.1, 0.15) is 11.6 Å². The number of benzene rings is 2. The molecule has 2 aromatic carbocycles. The molecule has 116 valence electrons. The average Bonchev–Trinajstić information content (AvgIpc) is 3.01. The Morgan fingerprint density at radius 1 is 1.04 bits per heavy atom. The largest absolute Gasteiger partial charge is 0.452 e. The van der Waals surface area contributed by atoms with Crippen molar-refractivity contribution >= 4 is 5.97 Å². The Hall–Kier alpha value is -3.09. The fourth-order valence-electron chi connectivity index (χ4n) is 1.89. The molecule has 0 aliphatic carbocycles. The highest BCUT2D eigenvalue weighted by atomic mass is 19.1. The van der Waals surface area contributed by atoms with Crippen LogP contribution in [0.5, 0.6) is 0 Å². The lowest BCUT2D eigenvalue weighted by Gasteiger charge is -2.02. The van der Waals surface area contributed by atoms with Crippen molar-refractivity contribution in [3.05, 3.63) is 71.6 Å². The van der Waals surface area contributed by atoms with Gasteiger partial charge in [-0.05, 0) is 24.3 Å². The van der Waals surface area contributed by atoms with Crippen molar-refractivity contribution in [2.75, 3.05) is 0 Å². The van der Waals surface area contributed by atoms with Gasteiger partial charge in [0.2, 0.25) is 5.89 Å². The lowest BCUT2D eigenvalue weighted by Crippen LogP contribution is -2.06. The molecule has 0 N–H and O–H groups in total. The number of carbonyl (C=O) groups excluding carboxylic acids is 1. The molecule has 0 radical (unpaired) electrons. The van der Waals surface area contributed by atoms with E-state index in [1.807, 2.05) is 18.2 Å². The van der Waals surface area contributed by atoms with Crippen molar-refractivity contribution in [1.82, 2.24) is 10.2 Å². The van der Waals surface area contributed by atoms with Crippen LogP contribution in [-0.4, -0.2) is 16.2 Å². The predicted octanol–water partition coefficient (Wildman–Crippen LogP) is 3.37. The molecule has 0 aliphatic heterocycles.